The van der Waals surface area contributed by atoms with Crippen LogP contribution in [0.3, 0.4) is 0 Å². The molecule has 6 heteroatoms. The second-order valence-corrected chi connectivity index (χ2v) is 6.33. The van der Waals surface area contributed by atoms with Crippen LogP contribution in [-0.4, -0.2) is 10.5 Å². The molecule has 0 spiro atoms. The number of nitrogens with zero attached hydrogens (tertiary/aromatic N) is 1. The van der Waals surface area contributed by atoms with E-state index in [9.17, 15) is 9.59 Å². The van der Waals surface area contributed by atoms with Gasteiger partial charge in [0, 0.05) is 34.7 Å². The Bertz CT molecular complexity index is 730. The van der Waals surface area contributed by atoms with Gasteiger partial charge >= 0.3 is 0 Å². The molecular formula is C16H16BrClN2O2. The van der Waals surface area contributed by atoms with Crippen LogP contribution in [0.25, 0.3) is 0 Å². The Kier molecular flexibility index (Phi) is 5.80. The van der Waals surface area contributed by atoms with E-state index >= 15 is 0 Å². The van der Waals surface area contributed by atoms with Gasteiger partial charge in [0.2, 0.25) is 5.91 Å². The lowest BCUT2D eigenvalue weighted by Gasteiger charge is -2.15. The van der Waals surface area contributed by atoms with Crippen molar-refractivity contribution in [1.29, 1.82) is 0 Å². The Morgan fingerprint density at radius 3 is 2.86 bits per heavy atom. The van der Waals surface area contributed by atoms with E-state index < -0.39 is 0 Å². The molecule has 0 bridgehead atoms. The Morgan fingerprint density at radius 1 is 1.36 bits per heavy atom. The first-order valence-electron chi connectivity index (χ1n) is 6.86. The number of nitrogens with one attached hydrogen (secondary N) is 1. The fraction of sp³-hybridized carbons (Fsp3) is 0.250. The molecule has 1 aromatic carbocycles. The number of amides is 1. The summed E-state index contributed by atoms with van der Waals surface area (Å²) >= 11 is 9.25. The largest absolute Gasteiger partial charge is 0.350 e. The SMILES string of the molecule is CC(NC(=O)CCn1cc(Br)ccc1=O)c1cccc(Cl)c1. The van der Waals surface area contributed by atoms with Gasteiger partial charge in [-0.1, -0.05) is 23.7 Å². The number of pyridine rings is 1. The summed E-state index contributed by atoms with van der Waals surface area (Å²) in [6.07, 6.45) is 1.91. The summed E-state index contributed by atoms with van der Waals surface area (Å²) in [4.78, 5) is 23.7. The number of aromatic nitrogens is 1. The Labute approximate surface area is 142 Å². The van der Waals surface area contributed by atoms with Gasteiger partial charge < -0.3 is 9.88 Å². The number of halogens is 2. The molecule has 0 aliphatic carbocycles. The second kappa shape index (κ2) is 7.61. The number of aryl methyl sites for hydroxylation is 1. The van der Waals surface area contributed by atoms with Gasteiger partial charge in [-0.2, -0.15) is 0 Å². The third kappa shape index (κ3) is 4.71. The molecule has 116 valence electrons. The first-order chi connectivity index (χ1) is 10.5. The van der Waals surface area contributed by atoms with Crippen molar-refractivity contribution in [2.75, 3.05) is 0 Å². The zero-order chi connectivity index (χ0) is 16.1. The average Bonchev–Trinajstić information content (AvgIpc) is 2.48. The normalized spacial score (nSPS) is 12.0. The molecule has 1 atom stereocenters. The highest BCUT2D eigenvalue weighted by molar-refractivity contribution is 9.10. The van der Waals surface area contributed by atoms with Crippen LogP contribution in [0.2, 0.25) is 5.02 Å². The van der Waals surface area contributed by atoms with Crippen LogP contribution in [-0.2, 0) is 11.3 Å². The lowest BCUT2D eigenvalue weighted by molar-refractivity contribution is -0.121. The standard InChI is InChI=1S/C16H16BrClN2O2/c1-11(12-3-2-4-14(18)9-12)19-15(21)7-8-20-10-13(17)5-6-16(20)22/h2-6,9-11H,7-8H2,1H3,(H,19,21). The molecule has 0 aliphatic rings. The molecule has 2 rings (SSSR count). The Morgan fingerprint density at radius 2 is 2.14 bits per heavy atom. The highest BCUT2D eigenvalue weighted by Crippen LogP contribution is 2.17. The van der Waals surface area contributed by atoms with Crippen LogP contribution in [0.15, 0.2) is 51.9 Å². The van der Waals surface area contributed by atoms with Crippen LogP contribution in [0.4, 0.5) is 0 Å². The number of hydrogen-bond donors (Lipinski definition) is 1. The lowest BCUT2D eigenvalue weighted by Crippen LogP contribution is -2.29. The minimum atomic E-state index is -0.134. The van der Waals surface area contributed by atoms with E-state index in [1.54, 1.807) is 18.3 Å². The molecule has 1 aromatic heterocycles. The minimum Gasteiger partial charge on any atom is -0.350 e. The van der Waals surface area contributed by atoms with Gasteiger partial charge in [0.1, 0.15) is 0 Å². The molecule has 0 saturated heterocycles. The Hall–Kier alpha value is -1.59. The summed E-state index contributed by atoms with van der Waals surface area (Å²) in [6, 6.07) is 10.4. The summed E-state index contributed by atoms with van der Waals surface area (Å²) in [5, 5.41) is 3.54. The van der Waals surface area contributed by atoms with Gasteiger partial charge in [0.05, 0.1) is 6.04 Å². The van der Waals surface area contributed by atoms with E-state index in [1.807, 2.05) is 25.1 Å². The van der Waals surface area contributed by atoms with Crippen molar-refractivity contribution in [3.63, 3.8) is 0 Å². The van der Waals surface area contributed by atoms with Gasteiger partial charge in [-0.3, -0.25) is 9.59 Å². The zero-order valence-electron chi connectivity index (χ0n) is 12.1. The maximum atomic E-state index is 12.0. The number of carbonyl (C=O) groups is 1. The van der Waals surface area contributed by atoms with E-state index in [4.69, 9.17) is 11.6 Å². The summed E-state index contributed by atoms with van der Waals surface area (Å²) in [6.45, 7) is 2.24. The number of benzene rings is 1. The smallest absolute Gasteiger partial charge is 0.250 e. The molecule has 2 aromatic rings. The molecule has 1 amide bonds. The van der Waals surface area contributed by atoms with E-state index in [2.05, 4.69) is 21.2 Å². The van der Waals surface area contributed by atoms with Gasteiger partial charge in [-0.25, -0.2) is 0 Å². The molecule has 0 radical (unpaired) electrons. The van der Waals surface area contributed by atoms with Crippen molar-refractivity contribution in [2.24, 2.45) is 0 Å². The number of rotatable bonds is 5. The van der Waals surface area contributed by atoms with Crippen molar-refractivity contribution >= 4 is 33.4 Å². The third-order valence-electron chi connectivity index (χ3n) is 3.25. The van der Waals surface area contributed by atoms with Crippen molar-refractivity contribution in [3.8, 4) is 0 Å². The van der Waals surface area contributed by atoms with Gasteiger partial charge in [-0.15, -0.1) is 0 Å². The van der Waals surface area contributed by atoms with Crippen molar-refractivity contribution in [2.45, 2.75) is 25.9 Å². The maximum absolute atomic E-state index is 12.0. The summed E-state index contributed by atoms with van der Waals surface area (Å²) in [5.41, 5.74) is 0.819. The first kappa shape index (κ1) is 16.8. The van der Waals surface area contributed by atoms with E-state index in [1.165, 1.54) is 10.6 Å². The molecule has 1 heterocycles. The van der Waals surface area contributed by atoms with Crippen molar-refractivity contribution < 1.29 is 4.79 Å². The minimum absolute atomic E-state index is 0.112. The molecule has 0 aliphatic heterocycles. The quantitative estimate of drug-likeness (QED) is 0.858. The molecule has 0 fully saturated rings. The Balaban J connectivity index is 1.93. The predicted octanol–water partition coefficient (Wildman–Crippen LogP) is 3.53. The van der Waals surface area contributed by atoms with Crippen molar-refractivity contribution in [3.05, 3.63) is 68.0 Å². The fourth-order valence-corrected chi connectivity index (χ4v) is 2.65. The molecule has 0 saturated carbocycles. The summed E-state index contributed by atoms with van der Waals surface area (Å²) in [7, 11) is 0. The molecule has 1 N–H and O–H groups in total. The lowest BCUT2D eigenvalue weighted by atomic mass is 10.1. The number of hydrogen-bond acceptors (Lipinski definition) is 2. The maximum Gasteiger partial charge on any atom is 0.250 e. The van der Waals surface area contributed by atoms with Crippen LogP contribution >= 0.6 is 27.5 Å². The van der Waals surface area contributed by atoms with Crippen LogP contribution < -0.4 is 10.9 Å². The topological polar surface area (TPSA) is 51.1 Å². The van der Waals surface area contributed by atoms with Gasteiger partial charge in [-0.05, 0) is 46.6 Å². The summed E-state index contributed by atoms with van der Waals surface area (Å²) in [5.74, 6) is -0.112. The molecular weight excluding hydrogens is 368 g/mol. The third-order valence-corrected chi connectivity index (χ3v) is 3.96. The molecule has 4 nitrogen and oxygen atoms in total. The second-order valence-electron chi connectivity index (χ2n) is 4.97. The van der Waals surface area contributed by atoms with E-state index in [0.717, 1.165) is 10.0 Å². The first-order valence-corrected chi connectivity index (χ1v) is 8.03. The summed E-state index contributed by atoms with van der Waals surface area (Å²) < 4.78 is 2.31. The van der Waals surface area contributed by atoms with Crippen LogP contribution in [0.1, 0.15) is 24.9 Å². The molecule has 1 unspecified atom stereocenters. The van der Waals surface area contributed by atoms with Crippen LogP contribution in [0.5, 0.6) is 0 Å². The fourth-order valence-electron chi connectivity index (χ4n) is 2.07. The number of carbonyl (C=O) groups excluding carboxylic acids is 1. The van der Waals surface area contributed by atoms with E-state index in [0.29, 0.717) is 11.6 Å². The van der Waals surface area contributed by atoms with E-state index in [-0.39, 0.29) is 23.9 Å². The van der Waals surface area contributed by atoms with Gasteiger partial charge in [0.25, 0.3) is 5.56 Å². The monoisotopic (exact) mass is 382 g/mol. The van der Waals surface area contributed by atoms with Gasteiger partial charge in [0.15, 0.2) is 0 Å². The average molecular weight is 384 g/mol. The highest BCUT2D eigenvalue weighted by Gasteiger charge is 2.10. The zero-order valence-corrected chi connectivity index (χ0v) is 14.4. The van der Waals surface area contributed by atoms with Crippen molar-refractivity contribution in [1.82, 2.24) is 9.88 Å². The van der Waals surface area contributed by atoms with Crippen LogP contribution in [0, 0.1) is 0 Å². The highest BCUT2D eigenvalue weighted by atomic mass is 79.9. The predicted molar refractivity (Wildman–Crippen MR) is 91.0 cm³/mol. The molecule has 22 heavy (non-hydrogen) atoms.